The van der Waals surface area contributed by atoms with Gasteiger partial charge in [0.1, 0.15) is 23.9 Å². The Morgan fingerprint density at radius 2 is 1.81 bits per heavy atom. The van der Waals surface area contributed by atoms with Crippen molar-refractivity contribution in [1.29, 1.82) is 0 Å². The number of imidazole rings is 1. The van der Waals surface area contributed by atoms with E-state index in [0.29, 0.717) is 37.8 Å². The average molecular weight is 484 g/mol. The number of carbonyl (C=O) groups excluding carboxylic acids is 1. The van der Waals surface area contributed by atoms with Gasteiger partial charge >= 0.3 is 0 Å². The van der Waals surface area contributed by atoms with Gasteiger partial charge in [0.05, 0.1) is 30.4 Å². The van der Waals surface area contributed by atoms with E-state index in [1.54, 1.807) is 7.11 Å². The summed E-state index contributed by atoms with van der Waals surface area (Å²) in [6, 6.07) is 22.2. The zero-order chi connectivity index (χ0) is 25.2. The Bertz CT molecular complexity index is 1390. The van der Waals surface area contributed by atoms with Gasteiger partial charge < -0.3 is 18.9 Å². The van der Waals surface area contributed by atoms with Crippen LogP contribution in [-0.4, -0.2) is 35.7 Å². The van der Waals surface area contributed by atoms with Crippen LogP contribution in [0.4, 0.5) is 5.69 Å². The standard InChI is InChI=1S/C30H33N3O3/c1-20(2)23-14-13-21(3)17-28(23)36-16-15-32-25-10-6-5-9-24(25)31-30(32)22-18-29(34)33(19-22)26-11-7-8-12-27(26)35-4/h5-14,17,20,22H,15-16,18-19H2,1-4H3/t22-/m1/s1. The highest BCUT2D eigenvalue weighted by Crippen LogP contribution is 2.37. The van der Waals surface area contributed by atoms with Gasteiger partial charge in [0.25, 0.3) is 0 Å². The molecule has 186 valence electrons. The van der Waals surface area contributed by atoms with Gasteiger partial charge in [-0.05, 0) is 54.3 Å². The molecule has 6 nitrogen and oxygen atoms in total. The maximum atomic E-state index is 13.1. The van der Waals surface area contributed by atoms with Crippen molar-refractivity contribution in [1.82, 2.24) is 9.55 Å². The van der Waals surface area contributed by atoms with E-state index in [0.717, 1.165) is 28.3 Å². The number of anilines is 1. The summed E-state index contributed by atoms with van der Waals surface area (Å²) in [6.07, 6.45) is 0.414. The van der Waals surface area contributed by atoms with Crippen molar-refractivity contribution < 1.29 is 14.3 Å². The topological polar surface area (TPSA) is 56.6 Å². The summed E-state index contributed by atoms with van der Waals surface area (Å²) in [6.45, 7) is 8.20. The number of amides is 1. The summed E-state index contributed by atoms with van der Waals surface area (Å²) in [4.78, 5) is 19.9. The predicted molar refractivity (Wildman–Crippen MR) is 143 cm³/mol. The Morgan fingerprint density at radius 1 is 1.03 bits per heavy atom. The van der Waals surface area contributed by atoms with Crippen molar-refractivity contribution in [2.24, 2.45) is 0 Å². The van der Waals surface area contributed by atoms with Crippen molar-refractivity contribution in [3.63, 3.8) is 0 Å². The minimum Gasteiger partial charge on any atom is -0.495 e. The highest BCUT2D eigenvalue weighted by molar-refractivity contribution is 5.97. The molecule has 6 heteroatoms. The molecule has 0 unspecified atom stereocenters. The predicted octanol–water partition coefficient (Wildman–Crippen LogP) is 6.08. The molecule has 1 aromatic heterocycles. The lowest BCUT2D eigenvalue weighted by Gasteiger charge is -2.20. The molecule has 0 spiro atoms. The number of carbonyl (C=O) groups is 1. The van der Waals surface area contributed by atoms with E-state index in [4.69, 9.17) is 14.5 Å². The van der Waals surface area contributed by atoms with E-state index in [1.807, 2.05) is 47.4 Å². The van der Waals surface area contributed by atoms with Gasteiger partial charge in [0.15, 0.2) is 0 Å². The summed E-state index contributed by atoms with van der Waals surface area (Å²) in [7, 11) is 1.63. The normalized spacial score (nSPS) is 15.8. The zero-order valence-corrected chi connectivity index (χ0v) is 21.4. The molecule has 1 saturated heterocycles. The van der Waals surface area contributed by atoms with Gasteiger partial charge in [-0.15, -0.1) is 0 Å². The molecule has 1 fully saturated rings. The van der Waals surface area contributed by atoms with Gasteiger partial charge in [0.2, 0.25) is 5.91 Å². The highest BCUT2D eigenvalue weighted by Gasteiger charge is 2.36. The summed E-state index contributed by atoms with van der Waals surface area (Å²) in [5, 5.41) is 0. The van der Waals surface area contributed by atoms with E-state index in [-0.39, 0.29) is 11.8 Å². The van der Waals surface area contributed by atoms with Crippen LogP contribution in [0.2, 0.25) is 0 Å². The van der Waals surface area contributed by atoms with Gasteiger partial charge in [-0.2, -0.15) is 0 Å². The molecular weight excluding hydrogens is 450 g/mol. The molecule has 0 radical (unpaired) electrons. The summed E-state index contributed by atoms with van der Waals surface area (Å²) in [5.41, 5.74) is 5.20. The second-order valence-corrected chi connectivity index (χ2v) is 9.73. The van der Waals surface area contributed by atoms with Gasteiger partial charge in [-0.1, -0.05) is 50.2 Å². The fourth-order valence-corrected chi connectivity index (χ4v) is 5.10. The van der Waals surface area contributed by atoms with Crippen LogP contribution in [-0.2, 0) is 11.3 Å². The molecule has 1 aliphatic heterocycles. The second kappa shape index (κ2) is 10.1. The lowest BCUT2D eigenvalue weighted by Crippen LogP contribution is -2.25. The minimum absolute atomic E-state index is 0.0139. The molecule has 36 heavy (non-hydrogen) atoms. The number of methoxy groups -OCH3 is 1. The number of ether oxygens (including phenoxy) is 2. The van der Waals surface area contributed by atoms with Crippen LogP contribution in [0.5, 0.6) is 11.5 Å². The summed E-state index contributed by atoms with van der Waals surface area (Å²) in [5.74, 6) is 3.03. The molecule has 0 saturated carbocycles. The third-order valence-corrected chi connectivity index (χ3v) is 6.91. The lowest BCUT2D eigenvalue weighted by molar-refractivity contribution is -0.117. The molecule has 0 aliphatic carbocycles. The third kappa shape index (κ3) is 4.55. The molecule has 3 aromatic carbocycles. The number of aryl methyl sites for hydroxylation is 1. The highest BCUT2D eigenvalue weighted by atomic mass is 16.5. The van der Waals surface area contributed by atoms with Crippen LogP contribution in [0.25, 0.3) is 11.0 Å². The number of hydrogen-bond donors (Lipinski definition) is 0. The molecular formula is C30H33N3O3. The lowest BCUT2D eigenvalue weighted by atomic mass is 10.0. The summed E-state index contributed by atoms with van der Waals surface area (Å²) >= 11 is 0. The van der Waals surface area contributed by atoms with Crippen LogP contribution in [0.15, 0.2) is 66.7 Å². The number of aromatic nitrogens is 2. The van der Waals surface area contributed by atoms with Gasteiger partial charge in [-0.25, -0.2) is 4.98 Å². The van der Waals surface area contributed by atoms with Crippen LogP contribution in [0.1, 0.15) is 49.1 Å². The molecule has 0 N–H and O–H groups in total. The Labute approximate surface area is 212 Å². The minimum atomic E-state index is -0.0139. The second-order valence-electron chi connectivity index (χ2n) is 9.73. The van der Waals surface area contributed by atoms with Crippen LogP contribution in [0.3, 0.4) is 0 Å². The first-order valence-corrected chi connectivity index (χ1v) is 12.6. The van der Waals surface area contributed by atoms with Gasteiger partial charge in [-0.3, -0.25) is 4.79 Å². The number of fused-ring (bicyclic) bond motifs is 1. The van der Waals surface area contributed by atoms with E-state index in [9.17, 15) is 4.79 Å². The number of benzene rings is 3. The van der Waals surface area contributed by atoms with E-state index in [2.05, 4.69) is 49.6 Å². The monoisotopic (exact) mass is 483 g/mol. The van der Waals surface area contributed by atoms with Crippen molar-refractivity contribution >= 4 is 22.6 Å². The number of hydrogen-bond acceptors (Lipinski definition) is 4. The maximum absolute atomic E-state index is 13.1. The molecule has 1 amide bonds. The fraction of sp³-hybridized carbons (Fsp3) is 0.333. The van der Waals surface area contributed by atoms with Crippen LogP contribution in [0, 0.1) is 6.92 Å². The van der Waals surface area contributed by atoms with Crippen molar-refractivity contribution in [2.45, 2.75) is 45.6 Å². The first-order chi connectivity index (χ1) is 17.5. The SMILES string of the molecule is COc1ccccc1N1C[C@H](c2nc3ccccc3n2CCOc2cc(C)ccc2C(C)C)CC1=O. The third-order valence-electron chi connectivity index (χ3n) is 6.91. The van der Waals surface area contributed by atoms with E-state index < -0.39 is 0 Å². The van der Waals surface area contributed by atoms with E-state index in [1.165, 1.54) is 11.1 Å². The Morgan fingerprint density at radius 3 is 2.61 bits per heavy atom. The molecule has 0 bridgehead atoms. The quantitative estimate of drug-likeness (QED) is 0.305. The average Bonchev–Trinajstić information content (AvgIpc) is 3.44. The first-order valence-electron chi connectivity index (χ1n) is 12.6. The smallest absolute Gasteiger partial charge is 0.227 e. The van der Waals surface area contributed by atoms with E-state index >= 15 is 0 Å². The molecule has 1 aliphatic rings. The Kier molecular flexibility index (Phi) is 6.68. The Hall–Kier alpha value is -3.80. The zero-order valence-electron chi connectivity index (χ0n) is 21.4. The molecule has 1 atom stereocenters. The van der Waals surface area contributed by atoms with Crippen molar-refractivity contribution in [3.8, 4) is 11.5 Å². The number of para-hydroxylation sites is 4. The largest absolute Gasteiger partial charge is 0.495 e. The van der Waals surface area contributed by atoms with Crippen molar-refractivity contribution in [3.05, 3.63) is 83.7 Å². The maximum Gasteiger partial charge on any atom is 0.227 e. The van der Waals surface area contributed by atoms with Crippen molar-refractivity contribution in [2.75, 3.05) is 25.2 Å². The Balaban J connectivity index is 1.42. The summed E-state index contributed by atoms with van der Waals surface area (Å²) < 4.78 is 14.1. The first kappa shape index (κ1) is 23.9. The fourth-order valence-electron chi connectivity index (χ4n) is 5.10. The van der Waals surface area contributed by atoms with Crippen LogP contribution >= 0.6 is 0 Å². The molecule has 4 aromatic rings. The van der Waals surface area contributed by atoms with Gasteiger partial charge in [0, 0.05) is 18.9 Å². The number of rotatable bonds is 8. The number of nitrogens with zero attached hydrogens (tertiary/aromatic N) is 3. The molecule has 2 heterocycles. The van der Waals surface area contributed by atoms with Crippen LogP contribution < -0.4 is 14.4 Å². The molecule has 5 rings (SSSR count).